The average Bonchev–Trinajstić information content (AvgIpc) is 3.07. The Balaban J connectivity index is 1.87. The second-order valence-electron chi connectivity index (χ2n) is 6.56. The molecule has 0 fully saturated rings. The topological polar surface area (TPSA) is 71.4 Å². The third-order valence-electron chi connectivity index (χ3n) is 3.29. The first-order valence-corrected chi connectivity index (χ1v) is 7.96. The van der Waals surface area contributed by atoms with Crippen LogP contribution in [0.25, 0.3) is 11.0 Å². The highest BCUT2D eigenvalue weighted by molar-refractivity contribution is 9.10. The van der Waals surface area contributed by atoms with Crippen LogP contribution in [0.2, 0.25) is 0 Å². The summed E-state index contributed by atoms with van der Waals surface area (Å²) in [5.41, 5.74) is 4.17. The molecule has 0 radical (unpaired) electrons. The number of fused-ring (bicyclic) bond motifs is 1. The molecule has 0 aliphatic carbocycles. The predicted octanol–water partition coefficient (Wildman–Crippen LogP) is 3.58. The first-order valence-electron chi connectivity index (χ1n) is 7.17. The van der Waals surface area contributed by atoms with E-state index in [1.165, 1.54) is 0 Å². The minimum Gasteiger partial charge on any atom is -0.380 e. The van der Waals surface area contributed by atoms with Gasteiger partial charge in [0.1, 0.15) is 5.52 Å². The molecular weight excluding hydrogens is 344 g/mol. The van der Waals surface area contributed by atoms with E-state index in [0.29, 0.717) is 6.54 Å². The van der Waals surface area contributed by atoms with Crippen molar-refractivity contribution in [3.63, 3.8) is 0 Å². The van der Waals surface area contributed by atoms with E-state index in [2.05, 4.69) is 74.7 Å². The number of rotatable bonds is 4. The van der Waals surface area contributed by atoms with Crippen molar-refractivity contribution in [1.82, 2.24) is 25.2 Å². The molecule has 3 aromatic rings. The Morgan fingerprint density at radius 1 is 1.32 bits per heavy atom. The molecule has 0 aliphatic rings. The lowest BCUT2D eigenvalue weighted by Crippen LogP contribution is -2.16. The third kappa shape index (κ3) is 3.14. The molecule has 3 rings (SSSR count). The maximum atomic E-state index is 4.32. The van der Waals surface area contributed by atoms with E-state index in [4.69, 9.17) is 0 Å². The fourth-order valence-corrected chi connectivity index (χ4v) is 2.83. The van der Waals surface area contributed by atoms with E-state index < -0.39 is 0 Å². The highest BCUT2D eigenvalue weighted by Crippen LogP contribution is 2.31. The summed E-state index contributed by atoms with van der Waals surface area (Å²) in [6, 6.07) is 4.11. The Kier molecular flexibility index (Phi) is 3.90. The largest absolute Gasteiger partial charge is 0.380 e. The Morgan fingerprint density at radius 3 is 2.82 bits per heavy atom. The van der Waals surface area contributed by atoms with Gasteiger partial charge in [-0.3, -0.25) is 5.10 Å². The number of aromatic amines is 1. The first kappa shape index (κ1) is 15.0. The van der Waals surface area contributed by atoms with Crippen LogP contribution in [0.5, 0.6) is 0 Å². The molecule has 0 unspecified atom stereocenters. The first-order chi connectivity index (χ1) is 10.4. The van der Waals surface area contributed by atoms with Crippen molar-refractivity contribution in [2.45, 2.75) is 33.9 Å². The molecule has 0 aliphatic heterocycles. The molecule has 2 N–H and O–H groups in total. The van der Waals surface area contributed by atoms with E-state index in [-0.39, 0.29) is 5.41 Å². The summed E-state index contributed by atoms with van der Waals surface area (Å²) in [4.78, 5) is 0. The fraction of sp³-hybridized carbons (Fsp3) is 0.400. The Hall–Kier alpha value is -1.89. The van der Waals surface area contributed by atoms with Crippen LogP contribution >= 0.6 is 15.9 Å². The number of hydrogen-bond acceptors (Lipinski definition) is 4. The van der Waals surface area contributed by atoms with Gasteiger partial charge in [-0.15, -0.1) is 5.10 Å². The lowest BCUT2D eigenvalue weighted by atomic mass is 9.97. The van der Waals surface area contributed by atoms with Gasteiger partial charge in [-0.25, -0.2) is 4.68 Å². The van der Waals surface area contributed by atoms with Crippen molar-refractivity contribution in [2.24, 2.45) is 5.41 Å². The second-order valence-corrected chi connectivity index (χ2v) is 7.36. The number of benzene rings is 1. The fourth-order valence-electron chi connectivity index (χ4n) is 2.28. The van der Waals surface area contributed by atoms with Gasteiger partial charge in [-0.1, -0.05) is 26.0 Å². The molecule has 2 heterocycles. The van der Waals surface area contributed by atoms with Crippen LogP contribution in [-0.4, -0.2) is 25.2 Å². The highest BCUT2D eigenvalue weighted by atomic mass is 79.9. The van der Waals surface area contributed by atoms with Crippen LogP contribution in [0.15, 0.2) is 29.0 Å². The van der Waals surface area contributed by atoms with E-state index in [1.54, 1.807) is 6.20 Å². The molecule has 0 amide bonds. The summed E-state index contributed by atoms with van der Waals surface area (Å²) in [5.74, 6) is 0. The summed E-state index contributed by atoms with van der Waals surface area (Å²) >= 11 is 3.64. The Bertz CT molecular complexity index is 769. The van der Waals surface area contributed by atoms with Gasteiger partial charge in [0.2, 0.25) is 0 Å². The molecule has 0 bridgehead atoms. The quantitative estimate of drug-likeness (QED) is 0.743. The van der Waals surface area contributed by atoms with Gasteiger partial charge in [0.15, 0.2) is 0 Å². The Labute approximate surface area is 137 Å². The molecule has 1 aromatic carbocycles. The zero-order valence-corrected chi connectivity index (χ0v) is 14.5. The van der Waals surface area contributed by atoms with Crippen LogP contribution in [0, 0.1) is 5.41 Å². The number of aromatic nitrogens is 5. The summed E-state index contributed by atoms with van der Waals surface area (Å²) in [6.45, 7) is 8.11. The maximum Gasteiger partial charge on any atom is 0.129 e. The lowest BCUT2D eigenvalue weighted by Gasteiger charge is -2.18. The van der Waals surface area contributed by atoms with Gasteiger partial charge >= 0.3 is 0 Å². The monoisotopic (exact) mass is 362 g/mol. The van der Waals surface area contributed by atoms with Crippen molar-refractivity contribution >= 4 is 32.7 Å². The smallest absolute Gasteiger partial charge is 0.129 e. The lowest BCUT2D eigenvalue weighted by molar-refractivity contribution is 0.327. The number of halogens is 1. The summed E-state index contributed by atoms with van der Waals surface area (Å²) < 4.78 is 2.90. The summed E-state index contributed by atoms with van der Waals surface area (Å²) in [6.07, 6.45) is 3.68. The van der Waals surface area contributed by atoms with E-state index in [9.17, 15) is 0 Å². The van der Waals surface area contributed by atoms with Gasteiger partial charge in [0.05, 0.1) is 21.9 Å². The number of nitrogens with one attached hydrogen (secondary N) is 2. The summed E-state index contributed by atoms with van der Waals surface area (Å²) in [7, 11) is 0. The van der Waals surface area contributed by atoms with Crippen LogP contribution < -0.4 is 5.32 Å². The van der Waals surface area contributed by atoms with Gasteiger partial charge in [0.25, 0.3) is 0 Å². The predicted molar refractivity (Wildman–Crippen MR) is 90.6 cm³/mol. The molecule has 22 heavy (non-hydrogen) atoms. The van der Waals surface area contributed by atoms with Crippen molar-refractivity contribution < 1.29 is 0 Å². The SMILES string of the molecule is CC(C)(C)Cn1nnc2c(Br)c(NCc3cn[nH]c3)ccc21. The average molecular weight is 363 g/mol. The molecule has 0 spiro atoms. The van der Waals surface area contributed by atoms with Crippen LogP contribution in [-0.2, 0) is 13.1 Å². The highest BCUT2D eigenvalue weighted by Gasteiger charge is 2.16. The van der Waals surface area contributed by atoms with Crippen molar-refractivity contribution in [3.8, 4) is 0 Å². The molecular formula is C15H19BrN6. The number of anilines is 1. The van der Waals surface area contributed by atoms with E-state index >= 15 is 0 Å². The minimum atomic E-state index is 0.158. The molecule has 0 atom stereocenters. The molecule has 0 saturated heterocycles. The molecule has 6 nitrogen and oxygen atoms in total. The van der Waals surface area contributed by atoms with E-state index in [0.717, 1.165) is 33.3 Å². The van der Waals surface area contributed by atoms with Gasteiger partial charge in [0, 0.05) is 24.8 Å². The number of H-pyrrole nitrogens is 1. The molecule has 116 valence electrons. The van der Waals surface area contributed by atoms with Gasteiger partial charge < -0.3 is 5.32 Å². The van der Waals surface area contributed by atoms with Crippen molar-refractivity contribution in [3.05, 3.63) is 34.6 Å². The number of hydrogen-bond donors (Lipinski definition) is 2. The summed E-state index contributed by atoms with van der Waals surface area (Å²) in [5, 5.41) is 18.7. The van der Waals surface area contributed by atoms with Crippen molar-refractivity contribution in [1.29, 1.82) is 0 Å². The van der Waals surface area contributed by atoms with Gasteiger partial charge in [-0.2, -0.15) is 5.10 Å². The molecule has 0 saturated carbocycles. The molecule has 2 aromatic heterocycles. The van der Waals surface area contributed by atoms with Crippen molar-refractivity contribution in [2.75, 3.05) is 5.32 Å². The standard InChI is InChI=1S/C15H19BrN6/c1-15(2,3)9-22-12-5-4-11(13(16)14(12)20-21-22)17-6-10-7-18-19-8-10/h4-5,7-8,17H,6,9H2,1-3H3,(H,18,19). The molecule has 7 heteroatoms. The Morgan fingerprint density at radius 2 is 2.14 bits per heavy atom. The number of nitrogens with zero attached hydrogens (tertiary/aromatic N) is 4. The van der Waals surface area contributed by atoms with Gasteiger partial charge in [-0.05, 0) is 33.5 Å². The normalized spacial score (nSPS) is 12.0. The maximum absolute atomic E-state index is 4.32. The second kappa shape index (κ2) is 5.72. The van der Waals surface area contributed by atoms with Crippen LogP contribution in [0.1, 0.15) is 26.3 Å². The zero-order chi connectivity index (χ0) is 15.7. The minimum absolute atomic E-state index is 0.158. The van der Waals surface area contributed by atoms with Crippen LogP contribution in [0.3, 0.4) is 0 Å². The zero-order valence-electron chi connectivity index (χ0n) is 12.9. The van der Waals surface area contributed by atoms with E-state index in [1.807, 2.05) is 10.9 Å². The third-order valence-corrected chi connectivity index (χ3v) is 4.09. The van der Waals surface area contributed by atoms with Crippen LogP contribution in [0.4, 0.5) is 5.69 Å².